The summed E-state index contributed by atoms with van der Waals surface area (Å²) >= 11 is 0. The average Bonchev–Trinajstić information content (AvgIpc) is 3.15. The topological polar surface area (TPSA) is 69.7 Å². The summed E-state index contributed by atoms with van der Waals surface area (Å²) < 4.78 is 27.2. The van der Waals surface area contributed by atoms with Crippen molar-refractivity contribution in [1.82, 2.24) is 14.5 Å². The standard InChI is InChI=1S/C20H31N3O3S/c1-16(2)17-7-9-19(10-8-17)27(25,26)23-13-11-22(12-14-23)15-20(24)21-18-5-3-4-6-18/h7-10,16,18H,3-6,11-15H2,1-2H3,(H,21,24). The summed E-state index contributed by atoms with van der Waals surface area (Å²) in [6, 6.07) is 7.51. The van der Waals surface area contributed by atoms with E-state index in [9.17, 15) is 13.2 Å². The number of sulfonamides is 1. The van der Waals surface area contributed by atoms with Crippen LogP contribution < -0.4 is 5.32 Å². The van der Waals surface area contributed by atoms with Crippen LogP contribution in [0.5, 0.6) is 0 Å². The Labute approximate surface area is 163 Å². The Morgan fingerprint density at radius 3 is 2.22 bits per heavy atom. The van der Waals surface area contributed by atoms with Gasteiger partial charge in [-0.3, -0.25) is 9.69 Å². The Kier molecular flexibility index (Phi) is 6.55. The number of benzene rings is 1. The Morgan fingerprint density at radius 1 is 1.07 bits per heavy atom. The lowest BCUT2D eigenvalue weighted by Crippen LogP contribution is -2.51. The van der Waals surface area contributed by atoms with Crippen LogP contribution in [0.3, 0.4) is 0 Å². The van der Waals surface area contributed by atoms with E-state index in [1.165, 1.54) is 17.1 Å². The molecule has 1 heterocycles. The smallest absolute Gasteiger partial charge is 0.243 e. The molecule has 1 amide bonds. The maximum absolute atomic E-state index is 12.9. The quantitative estimate of drug-likeness (QED) is 0.804. The van der Waals surface area contributed by atoms with Gasteiger partial charge in [-0.1, -0.05) is 38.8 Å². The summed E-state index contributed by atoms with van der Waals surface area (Å²) in [5.74, 6) is 0.433. The van der Waals surface area contributed by atoms with Crippen molar-refractivity contribution in [2.75, 3.05) is 32.7 Å². The first-order chi connectivity index (χ1) is 12.9. The summed E-state index contributed by atoms with van der Waals surface area (Å²) in [6.07, 6.45) is 4.54. The molecule has 1 saturated heterocycles. The molecule has 1 aliphatic carbocycles. The van der Waals surface area contributed by atoms with Crippen molar-refractivity contribution in [3.05, 3.63) is 29.8 Å². The first-order valence-corrected chi connectivity index (χ1v) is 11.4. The number of carbonyl (C=O) groups excluding carboxylic acids is 1. The summed E-state index contributed by atoms with van der Waals surface area (Å²) in [5.41, 5.74) is 1.13. The van der Waals surface area contributed by atoms with Gasteiger partial charge in [0, 0.05) is 32.2 Å². The van der Waals surface area contributed by atoms with Gasteiger partial charge in [0.2, 0.25) is 15.9 Å². The molecule has 6 nitrogen and oxygen atoms in total. The predicted molar refractivity (Wildman–Crippen MR) is 106 cm³/mol. The van der Waals surface area contributed by atoms with Gasteiger partial charge in [-0.05, 0) is 36.5 Å². The minimum atomic E-state index is -3.47. The van der Waals surface area contributed by atoms with E-state index in [-0.39, 0.29) is 5.91 Å². The molecular weight excluding hydrogens is 362 g/mol. The Hall–Kier alpha value is -1.44. The van der Waals surface area contributed by atoms with Gasteiger partial charge in [0.1, 0.15) is 0 Å². The van der Waals surface area contributed by atoms with Gasteiger partial charge in [0.15, 0.2) is 0 Å². The third-order valence-corrected chi connectivity index (χ3v) is 7.52. The van der Waals surface area contributed by atoms with Crippen LogP contribution in [-0.4, -0.2) is 62.3 Å². The fourth-order valence-corrected chi connectivity index (χ4v) is 5.27. The molecule has 0 spiro atoms. The molecule has 2 fully saturated rings. The van der Waals surface area contributed by atoms with E-state index in [2.05, 4.69) is 19.2 Å². The fraction of sp³-hybridized carbons (Fsp3) is 0.650. The Morgan fingerprint density at radius 2 is 1.67 bits per heavy atom. The lowest BCUT2D eigenvalue weighted by molar-refractivity contribution is -0.123. The SMILES string of the molecule is CC(C)c1ccc(S(=O)(=O)N2CCN(CC(=O)NC3CCCC3)CC2)cc1. The number of nitrogens with zero attached hydrogens (tertiary/aromatic N) is 2. The molecule has 1 aliphatic heterocycles. The highest BCUT2D eigenvalue weighted by Gasteiger charge is 2.29. The average molecular weight is 394 g/mol. The third kappa shape index (κ3) is 5.09. The van der Waals surface area contributed by atoms with Gasteiger partial charge in [0.05, 0.1) is 11.4 Å². The van der Waals surface area contributed by atoms with Crippen LogP contribution in [0.25, 0.3) is 0 Å². The molecule has 0 atom stereocenters. The van der Waals surface area contributed by atoms with Crippen LogP contribution in [0.2, 0.25) is 0 Å². The second-order valence-electron chi connectivity index (χ2n) is 7.95. The van der Waals surface area contributed by atoms with Crippen LogP contribution in [0, 0.1) is 0 Å². The molecule has 0 radical (unpaired) electrons. The number of amides is 1. The summed E-state index contributed by atoms with van der Waals surface area (Å²) in [7, 11) is -3.47. The fourth-order valence-electron chi connectivity index (χ4n) is 3.85. The molecule has 0 unspecified atom stereocenters. The van der Waals surface area contributed by atoms with E-state index in [1.807, 2.05) is 17.0 Å². The molecule has 0 bridgehead atoms. The maximum atomic E-state index is 12.9. The normalized spacial score (nSPS) is 20.3. The zero-order valence-corrected chi connectivity index (χ0v) is 17.2. The Balaban J connectivity index is 1.52. The van der Waals surface area contributed by atoms with Crippen LogP contribution in [0.15, 0.2) is 29.2 Å². The first-order valence-electron chi connectivity index (χ1n) is 9.98. The van der Waals surface area contributed by atoms with Crippen molar-refractivity contribution >= 4 is 15.9 Å². The van der Waals surface area contributed by atoms with Crippen LogP contribution in [0.1, 0.15) is 51.0 Å². The van der Waals surface area contributed by atoms with E-state index in [0.717, 1.165) is 18.4 Å². The van der Waals surface area contributed by atoms with Gasteiger partial charge in [-0.25, -0.2) is 8.42 Å². The van der Waals surface area contributed by atoms with Crippen LogP contribution in [-0.2, 0) is 14.8 Å². The van der Waals surface area contributed by atoms with E-state index in [0.29, 0.717) is 49.6 Å². The van der Waals surface area contributed by atoms with Crippen molar-refractivity contribution in [2.24, 2.45) is 0 Å². The van der Waals surface area contributed by atoms with Crippen LogP contribution in [0.4, 0.5) is 0 Å². The highest BCUT2D eigenvalue weighted by molar-refractivity contribution is 7.89. The molecule has 1 N–H and O–H groups in total. The van der Waals surface area contributed by atoms with Gasteiger partial charge in [-0.2, -0.15) is 4.31 Å². The first kappa shape index (κ1) is 20.3. The minimum absolute atomic E-state index is 0.0579. The predicted octanol–water partition coefficient (Wildman–Crippen LogP) is 2.18. The third-order valence-electron chi connectivity index (χ3n) is 5.60. The van der Waals surface area contributed by atoms with Gasteiger partial charge >= 0.3 is 0 Å². The monoisotopic (exact) mass is 393 g/mol. The summed E-state index contributed by atoms with van der Waals surface area (Å²) in [5, 5.41) is 3.10. The number of carbonyl (C=O) groups is 1. The zero-order valence-electron chi connectivity index (χ0n) is 16.4. The lowest BCUT2D eigenvalue weighted by atomic mass is 10.0. The zero-order chi connectivity index (χ0) is 19.4. The molecule has 1 saturated carbocycles. The van der Waals surface area contributed by atoms with Crippen LogP contribution >= 0.6 is 0 Å². The molecule has 0 aromatic heterocycles. The van der Waals surface area contributed by atoms with E-state index < -0.39 is 10.0 Å². The lowest BCUT2D eigenvalue weighted by Gasteiger charge is -2.33. The number of rotatable bonds is 6. The molecule has 7 heteroatoms. The van der Waals surface area contributed by atoms with Crippen molar-refractivity contribution in [3.63, 3.8) is 0 Å². The summed E-state index contributed by atoms with van der Waals surface area (Å²) in [6.45, 7) is 6.55. The molecular formula is C20H31N3O3S. The van der Waals surface area contributed by atoms with Crippen molar-refractivity contribution in [3.8, 4) is 0 Å². The molecule has 3 rings (SSSR count). The number of piperazine rings is 1. The maximum Gasteiger partial charge on any atom is 0.243 e. The van der Waals surface area contributed by atoms with Crippen molar-refractivity contribution in [2.45, 2.75) is 56.4 Å². The number of hydrogen-bond donors (Lipinski definition) is 1. The number of nitrogens with one attached hydrogen (secondary N) is 1. The Bertz CT molecular complexity index is 732. The van der Waals surface area contributed by atoms with E-state index >= 15 is 0 Å². The van der Waals surface area contributed by atoms with Crippen molar-refractivity contribution < 1.29 is 13.2 Å². The second-order valence-corrected chi connectivity index (χ2v) is 9.89. The molecule has 150 valence electrons. The molecule has 1 aromatic carbocycles. The van der Waals surface area contributed by atoms with E-state index in [1.54, 1.807) is 12.1 Å². The van der Waals surface area contributed by atoms with Gasteiger partial charge < -0.3 is 5.32 Å². The number of hydrogen-bond acceptors (Lipinski definition) is 4. The van der Waals surface area contributed by atoms with Gasteiger partial charge in [-0.15, -0.1) is 0 Å². The molecule has 27 heavy (non-hydrogen) atoms. The molecule has 1 aromatic rings. The van der Waals surface area contributed by atoms with E-state index in [4.69, 9.17) is 0 Å². The highest BCUT2D eigenvalue weighted by Crippen LogP contribution is 2.21. The summed E-state index contributed by atoms with van der Waals surface area (Å²) in [4.78, 5) is 14.6. The molecule has 2 aliphatic rings. The van der Waals surface area contributed by atoms with Gasteiger partial charge in [0.25, 0.3) is 0 Å². The minimum Gasteiger partial charge on any atom is -0.352 e. The highest BCUT2D eigenvalue weighted by atomic mass is 32.2. The second kappa shape index (κ2) is 8.71. The van der Waals surface area contributed by atoms with Crippen molar-refractivity contribution in [1.29, 1.82) is 0 Å². The largest absolute Gasteiger partial charge is 0.352 e.